The van der Waals surface area contributed by atoms with Gasteiger partial charge in [-0.05, 0) is 55.7 Å². The number of hydrogen-bond acceptors (Lipinski definition) is 4. The van der Waals surface area contributed by atoms with Crippen molar-refractivity contribution in [1.29, 1.82) is 0 Å². The van der Waals surface area contributed by atoms with Gasteiger partial charge in [0, 0.05) is 32.1 Å². The van der Waals surface area contributed by atoms with Gasteiger partial charge in [-0.25, -0.2) is 4.79 Å². The van der Waals surface area contributed by atoms with E-state index in [0.717, 1.165) is 50.8 Å². The minimum absolute atomic E-state index is 0.0738. The summed E-state index contributed by atoms with van der Waals surface area (Å²) in [6, 6.07) is 6.23. The highest BCUT2D eigenvalue weighted by Gasteiger charge is 2.26. The number of carbonyl (C=O) groups excluding carboxylic acids is 2. The number of nitrogens with zero attached hydrogens (tertiary/aromatic N) is 1. The summed E-state index contributed by atoms with van der Waals surface area (Å²) in [5, 5.41) is 6.22. The lowest BCUT2D eigenvalue weighted by atomic mass is 9.93. The third kappa shape index (κ3) is 7.04. The predicted octanol–water partition coefficient (Wildman–Crippen LogP) is 3.51. The van der Waals surface area contributed by atoms with Crippen molar-refractivity contribution in [3.63, 3.8) is 0 Å². The molecule has 1 aliphatic carbocycles. The SMILES string of the molecule is COc1ccc(CCNC(=O)CC2CCN(C(=O)NC3CCCCC3)CC2)cc1OC. The number of benzene rings is 1. The fourth-order valence-corrected chi connectivity index (χ4v) is 4.57. The van der Waals surface area contributed by atoms with Gasteiger partial charge in [-0.15, -0.1) is 0 Å². The number of ether oxygens (including phenoxy) is 2. The molecule has 31 heavy (non-hydrogen) atoms. The lowest BCUT2D eigenvalue weighted by Gasteiger charge is -2.33. The topological polar surface area (TPSA) is 79.9 Å². The maximum atomic E-state index is 12.5. The zero-order valence-corrected chi connectivity index (χ0v) is 19.0. The number of piperidine rings is 1. The first kappa shape index (κ1) is 23.2. The molecule has 1 aromatic rings. The van der Waals surface area contributed by atoms with Gasteiger partial charge in [-0.3, -0.25) is 4.79 Å². The van der Waals surface area contributed by atoms with E-state index >= 15 is 0 Å². The Morgan fingerprint density at radius 3 is 2.39 bits per heavy atom. The largest absolute Gasteiger partial charge is 0.493 e. The Hall–Kier alpha value is -2.44. The molecule has 1 heterocycles. The predicted molar refractivity (Wildman–Crippen MR) is 121 cm³/mol. The van der Waals surface area contributed by atoms with Gasteiger partial charge in [0.15, 0.2) is 11.5 Å². The molecule has 0 spiro atoms. The van der Waals surface area contributed by atoms with Crippen LogP contribution in [0.15, 0.2) is 18.2 Å². The van der Waals surface area contributed by atoms with Gasteiger partial charge >= 0.3 is 6.03 Å². The quantitative estimate of drug-likeness (QED) is 0.660. The Morgan fingerprint density at radius 1 is 1.00 bits per heavy atom. The van der Waals surface area contributed by atoms with Crippen molar-refractivity contribution in [1.82, 2.24) is 15.5 Å². The first-order chi connectivity index (χ1) is 15.1. The van der Waals surface area contributed by atoms with Crippen molar-refractivity contribution >= 4 is 11.9 Å². The van der Waals surface area contributed by atoms with E-state index in [2.05, 4.69) is 10.6 Å². The molecule has 3 amide bonds. The van der Waals surface area contributed by atoms with Crippen LogP contribution in [0.25, 0.3) is 0 Å². The highest BCUT2D eigenvalue weighted by molar-refractivity contribution is 5.76. The third-order valence-corrected chi connectivity index (χ3v) is 6.49. The Morgan fingerprint density at radius 2 is 1.71 bits per heavy atom. The number of rotatable bonds is 8. The molecular weight excluding hydrogens is 394 g/mol. The van der Waals surface area contributed by atoms with E-state index in [0.29, 0.717) is 36.4 Å². The monoisotopic (exact) mass is 431 g/mol. The van der Waals surface area contributed by atoms with E-state index in [1.807, 2.05) is 23.1 Å². The van der Waals surface area contributed by atoms with Gasteiger partial charge in [0.2, 0.25) is 5.91 Å². The average Bonchev–Trinajstić information content (AvgIpc) is 2.80. The van der Waals surface area contributed by atoms with Crippen LogP contribution in [0.1, 0.15) is 56.9 Å². The Labute approximate surface area is 185 Å². The van der Waals surface area contributed by atoms with Crippen LogP contribution >= 0.6 is 0 Å². The van der Waals surface area contributed by atoms with Crippen LogP contribution in [0.3, 0.4) is 0 Å². The molecular formula is C24H37N3O4. The molecule has 172 valence electrons. The fraction of sp³-hybridized carbons (Fsp3) is 0.667. The molecule has 0 aromatic heterocycles. The Balaban J connectivity index is 1.33. The van der Waals surface area contributed by atoms with Crippen LogP contribution in [0.4, 0.5) is 4.79 Å². The summed E-state index contributed by atoms with van der Waals surface area (Å²) >= 11 is 0. The highest BCUT2D eigenvalue weighted by Crippen LogP contribution is 2.27. The van der Waals surface area contributed by atoms with Crippen LogP contribution in [0.2, 0.25) is 0 Å². The van der Waals surface area contributed by atoms with Crippen LogP contribution in [-0.4, -0.2) is 56.7 Å². The van der Waals surface area contributed by atoms with Gasteiger partial charge in [0.05, 0.1) is 14.2 Å². The highest BCUT2D eigenvalue weighted by atomic mass is 16.5. The van der Waals surface area contributed by atoms with E-state index in [1.54, 1.807) is 14.2 Å². The van der Waals surface area contributed by atoms with E-state index in [9.17, 15) is 9.59 Å². The molecule has 1 aromatic carbocycles. The molecule has 2 aliphatic rings. The van der Waals surface area contributed by atoms with Crippen LogP contribution in [0.5, 0.6) is 11.5 Å². The zero-order valence-electron chi connectivity index (χ0n) is 19.0. The molecule has 0 atom stereocenters. The molecule has 0 bridgehead atoms. The number of carbonyl (C=O) groups is 2. The molecule has 7 nitrogen and oxygen atoms in total. The van der Waals surface area contributed by atoms with E-state index < -0.39 is 0 Å². The number of methoxy groups -OCH3 is 2. The normalized spacial score (nSPS) is 17.8. The zero-order chi connectivity index (χ0) is 22.1. The molecule has 0 radical (unpaired) electrons. The van der Waals surface area contributed by atoms with E-state index in [4.69, 9.17) is 9.47 Å². The van der Waals surface area contributed by atoms with Gasteiger partial charge in [-0.2, -0.15) is 0 Å². The minimum Gasteiger partial charge on any atom is -0.493 e. The summed E-state index contributed by atoms with van der Waals surface area (Å²) in [5.74, 6) is 1.84. The van der Waals surface area contributed by atoms with Gasteiger partial charge < -0.3 is 25.0 Å². The molecule has 0 unspecified atom stereocenters. The third-order valence-electron chi connectivity index (χ3n) is 6.49. The fourth-order valence-electron chi connectivity index (χ4n) is 4.57. The Bertz CT molecular complexity index is 726. The van der Waals surface area contributed by atoms with Gasteiger partial charge in [0.1, 0.15) is 0 Å². The first-order valence-corrected chi connectivity index (χ1v) is 11.6. The van der Waals surface area contributed by atoms with Crippen molar-refractivity contribution in [2.75, 3.05) is 33.9 Å². The second-order valence-electron chi connectivity index (χ2n) is 8.71. The Kier molecular flexibility index (Phi) is 8.85. The second kappa shape index (κ2) is 11.8. The maximum absolute atomic E-state index is 12.5. The lowest BCUT2D eigenvalue weighted by Crippen LogP contribution is -2.48. The average molecular weight is 432 g/mol. The van der Waals surface area contributed by atoms with Gasteiger partial charge in [0.25, 0.3) is 0 Å². The van der Waals surface area contributed by atoms with Crippen molar-refractivity contribution in [2.24, 2.45) is 5.92 Å². The van der Waals surface area contributed by atoms with Crippen LogP contribution in [-0.2, 0) is 11.2 Å². The molecule has 2 N–H and O–H groups in total. The summed E-state index contributed by atoms with van der Waals surface area (Å²) in [6.45, 7) is 2.07. The first-order valence-electron chi connectivity index (χ1n) is 11.6. The molecule has 2 fully saturated rings. The molecule has 3 rings (SSSR count). The summed E-state index contributed by atoms with van der Waals surface area (Å²) in [7, 11) is 3.24. The summed E-state index contributed by atoms with van der Waals surface area (Å²) in [6.07, 6.45) is 8.98. The lowest BCUT2D eigenvalue weighted by molar-refractivity contribution is -0.122. The number of hydrogen-bond donors (Lipinski definition) is 2. The second-order valence-corrected chi connectivity index (χ2v) is 8.71. The molecule has 1 aliphatic heterocycles. The van der Waals surface area contributed by atoms with Crippen molar-refractivity contribution < 1.29 is 19.1 Å². The van der Waals surface area contributed by atoms with Crippen molar-refractivity contribution in [3.05, 3.63) is 23.8 Å². The molecule has 1 saturated heterocycles. The molecule has 1 saturated carbocycles. The number of amides is 3. The summed E-state index contributed by atoms with van der Waals surface area (Å²) in [5.41, 5.74) is 1.09. The van der Waals surface area contributed by atoms with Crippen molar-refractivity contribution in [2.45, 2.75) is 63.8 Å². The molecule has 7 heteroatoms. The van der Waals surface area contributed by atoms with Crippen LogP contribution < -0.4 is 20.1 Å². The van der Waals surface area contributed by atoms with Gasteiger partial charge in [-0.1, -0.05) is 25.3 Å². The number of nitrogens with one attached hydrogen (secondary N) is 2. The summed E-state index contributed by atoms with van der Waals surface area (Å²) in [4.78, 5) is 26.7. The smallest absolute Gasteiger partial charge is 0.317 e. The van der Waals surface area contributed by atoms with E-state index in [-0.39, 0.29) is 11.9 Å². The maximum Gasteiger partial charge on any atom is 0.317 e. The minimum atomic E-state index is 0.0738. The summed E-state index contributed by atoms with van der Waals surface area (Å²) < 4.78 is 10.6. The van der Waals surface area contributed by atoms with E-state index in [1.165, 1.54) is 19.3 Å². The van der Waals surface area contributed by atoms with Crippen molar-refractivity contribution in [3.8, 4) is 11.5 Å². The van der Waals surface area contributed by atoms with Crippen LogP contribution in [0, 0.1) is 5.92 Å². The standard InChI is InChI=1S/C24H37N3O4/c1-30-21-9-8-18(16-22(21)31-2)10-13-25-23(28)17-19-11-14-27(15-12-19)24(29)26-20-6-4-3-5-7-20/h8-9,16,19-20H,3-7,10-15,17H2,1-2H3,(H,25,28)(H,26,29). The number of urea groups is 1. The number of likely N-dealkylation sites (tertiary alicyclic amines) is 1.